The lowest BCUT2D eigenvalue weighted by molar-refractivity contribution is 0.172. The number of aliphatic hydroxyl groups excluding tert-OH is 1. The van der Waals surface area contributed by atoms with Gasteiger partial charge in [-0.3, -0.25) is 0 Å². The number of halogens is 1. The molecule has 2 rings (SSSR count). The molecule has 100 valence electrons. The molecule has 1 aliphatic rings. The van der Waals surface area contributed by atoms with Gasteiger partial charge >= 0.3 is 0 Å². The van der Waals surface area contributed by atoms with Crippen LogP contribution >= 0.6 is 0 Å². The fourth-order valence-corrected chi connectivity index (χ4v) is 2.62. The predicted molar refractivity (Wildman–Crippen MR) is 66.7 cm³/mol. The van der Waals surface area contributed by atoms with Gasteiger partial charge in [-0.05, 0) is 30.7 Å². The van der Waals surface area contributed by atoms with Gasteiger partial charge in [-0.25, -0.2) is 9.37 Å². The van der Waals surface area contributed by atoms with Crippen molar-refractivity contribution in [3.63, 3.8) is 0 Å². The minimum absolute atomic E-state index is 0.249. The van der Waals surface area contributed by atoms with Crippen molar-refractivity contribution in [2.45, 2.75) is 39.2 Å². The highest BCUT2D eigenvalue weighted by Gasteiger charge is 2.20. The molecule has 2 atom stereocenters. The zero-order chi connectivity index (χ0) is 13.0. The van der Waals surface area contributed by atoms with Gasteiger partial charge in [0.25, 0.3) is 0 Å². The number of nitrogens with zero attached hydrogens (tertiary/aromatic N) is 1. The topological polar surface area (TPSA) is 42.4 Å². The summed E-state index contributed by atoms with van der Waals surface area (Å²) in [5, 5.41) is 9.14. The summed E-state index contributed by atoms with van der Waals surface area (Å²) in [4.78, 5) is 3.90. The number of hydrogen-bond donors (Lipinski definition) is 1. The van der Waals surface area contributed by atoms with Gasteiger partial charge < -0.3 is 9.84 Å². The average Bonchev–Trinajstić information content (AvgIpc) is 2.37. The Morgan fingerprint density at radius 1 is 1.50 bits per heavy atom. The van der Waals surface area contributed by atoms with Crippen molar-refractivity contribution < 1.29 is 14.2 Å². The van der Waals surface area contributed by atoms with E-state index >= 15 is 0 Å². The number of ether oxygens (including phenoxy) is 1. The van der Waals surface area contributed by atoms with E-state index in [0.717, 1.165) is 12.1 Å². The Kier molecular flexibility index (Phi) is 4.53. The molecule has 0 saturated heterocycles. The normalized spacial score (nSPS) is 23.9. The van der Waals surface area contributed by atoms with E-state index in [9.17, 15) is 4.39 Å². The van der Waals surface area contributed by atoms with Gasteiger partial charge in [-0.15, -0.1) is 0 Å². The summed E-state index contributed by atoms with van der Waals surface area (Å²) in [6.45, 7) is 2.62. The predicted octanol–water partition coefficient (Wildman–Crippen LogP) is 2.92. The Morgan fingerprint density at radius 2 is 2.33 bits per heavy atom. The second kappa shape index (κ2) is 6.14. The first-order chi connectivity index (χ1) is 8.69. The molecule has 1 saturated carbocycles. The van der Waals surface area contributed by atoms with Crippen molar-refractivity contribution in [2.75, 3.05) is 6.61 Å². The van der Waals surface area contributed by atoms with Crippen LogP contribution in [0.5, 0.6) is 5.88 Å². The number of pyridine rings is 1. The standard InChI is InChI=1S/C14H20FNO2/c1-10-3-2-4-11(5-10)9-18-14-12(8-17)6-13(15)7-16-14/h6-7,10-11,17H,2-5,8-9H2,1H3. The quantitative estimate of drug-likeness (QED) is 0.897. The molecule has 1 heterocycles. The van der Waals surface area contributed by atoms with E-state index in [1.807, 2.05) is 0 Å². The minimum Gasteiger partial charge on any atom is -0.477 e. The van der Waals surface area contributed by atoms with Crippen LogP contribution in [0.25, 0.3) is 0 Å². The molecule has 0 radical (unpaired) electrons. The Bertz CT molecular complexity index is 397. The first-order valence-electron chi connectivity index (χ1n) is 6.57. The van der Waals surface area contributed by atoms with Crippen molar-refractivity contribution in [1.29, 1.82) is 0 Å². The van der Waals surface area contributed by atoms with Crippen LogP contribution in [-0.4, -0.2) is 16.7 Å². The summed E-state index contributed by atoms with van der Waals surface area (Å²) >= 11 is 0. The van der Waals surface area contributed by atoms with Crippen molar-refractivity contribution in [2.24, 2.45) is 11.8 Å². The molecule has 0 aliphatic heterocycles. The third-order valence-corrected chi connectivity index (χ3v) is 3.56. The minimum atomic E-state index is -0.447. The maximum atomic E-state index is 13.0. The van der Waals surface area contributed by atoms with E-state index in [0.29, 0.717) is 24.0 Å². The summed E-state index contributed by atoms with van der Waals surface area (Å²) in [7, 11) is 0. The van der Waals surface area contributed by atoms with Gasteiger partial charge in [0.2, 0.25) is 5.88 Å². The smallest absolute Gasteiger partial charge is 0.219 e. The van der Waals surface area contributed by atoms with Crippen LogP contribution in [0, 0.1) is 17.7 Å². The van der Waals surface area contributed by atoms with Crippen LogP contribution in [0.4, 0.5) is 4.39 Å². The molecule has 0 spiro atoms. The number of rotatable bonds is 4. The van der Waals surface area contributed by atoms with Gasteiger partial charge in [-0.2, -0.15) is 0 Å². The maximum absolute atomic E-state index is 13.0. The third-order valence-electron chi connectivity index (χ3n) is 3.56. The van der Waals surface area contributed by atoms with Crippen LogP contribution in [0.3, 0.4) is 0 Å². The Balaban J connectivity index is 1.93. The number of aromatic nitrogens is 1. The summed E-state index contributed by atoms with van der Waals surface area (Å²) < 4.78 is 18.6. The average molecular weight is 253 g/mol. The molecule has 1 aromatic rings. The molecule has 1 aliphatic carbocycles. The van der Waals surface area contributed by atoms with Gasteiger partial charge in [0, 0.05) is 5.56 Å². The summed E-state index contributed by atoms with van der Waals surface area (Å²) in [5.74, 6) is 1.22. The summed E-state index contributed by atoms with van der Waals surface area (Å²) in [5.41, 5.74) is 0.416. The third kappa shape index (κ3) is 3.42. The van der Waals surface area contributed by atoms with Crippen LogP contribution in [0.2, 0.25) is 0 Å². The highest BCUT2D eigenvalue weighted by Crippen LogP contribution is 2.29. The van der Waals surface area contributed by atoms with Crippen LogP contribution < -0.4 is 4.74 Å². The molecule has 18 heavy (non-hydrogen) atoms. The lowest BCUT2D eigenvalue weighted by Crippen LogP contribution is -2.20. The van der Waals surface area contributed by atoms with E-state index < -0.39 is 5.82 Å². The Hall–Kier alpha value is -1.16. The second-order valence-corrected chi connectivity index (χ2v) is 5.22. The molecule has 1 fully saturated rings. The second-order valence-electron chi connectivity index (χ2n) is 5.22. The molecule has 0 aromatic carbocycles. The van der Waals surface area contributed by atoms with Gasteiger partial charge in [-0.1, -0.05) is 19.8 Å². The van der Waals surface area contributed by atoms with E-state index in [1.54, 1.807) is 0 Å². The van der Waals surface area contributed by atoms with E-state index in [4.69, 9.17) is 9.84 Å². The van der Waals surface area contributed by atoms with Crippen LogP contribution in [0.15, 0.2) is 12.3 Å². The lowest BCUT2D eigenvalue weighted by Gasteiger charge is -2.26. The first-order valence-corrected chi connectivity index (χ1v) is 6.57. The van der Waals surface area contributed by atoms with E-state index in [1.165, 1.54) is 31.7 Å². The fraction of sp³-hybridized carbons (Fsp3) is 0.643. The molecular weight excluding hydrogens is 233 g/mol. The molecule has 0 amide bonds. The highest BCUT2D eigenvalue weighted by atomic mass is 19.1. The van der Waals surface area contributed by atoms with Gasteiger partial charge in [0.05, 0.1) is 19.4 Å². The first kappa shape index (κ1) is 13.3. The maximum Gasteiger partial charge on any atom is 0.219 e. The molecule has 0 bridgehead atoms. The largest absolute Gasteiger partial charge is 0.477 e. The zero-order valence-electron chi connectivity index (χ0n) is 10.7. The lowest BCUT2D eigenvalue weighted by atomic mass is 9.83. The fourth-order valence-electron chi connectivity index (χ4n) is 2.62. The van der Waals surface area contributed by atoms with Crippen molar-refractivity contribution >= 4 is 0 Å². The molecule has 3 nitrogen and oxygen atoms in total. The van der Waals surface area contributed by atoms with Gasteiger partial charge in [0.15, 0.2) is 0 Å². The van der Waals surface area contributed by atoms with E-state index in [-0.39, 0.29) is 6.61 Å². The molecule has 2 unspecified atom stereocenters. The van der Waals surface area contributed by atoms with Crippen molar-refractivity contribution in [3.8, 4) is 5.88 Å². The molecule has 1 aromatic heterocycles. The molecule has 4 heteroatoms. The van der Waals surface area contributed by atoms with Crippen molar-refractivity contribution in [1.82, 2.24) is 4.98 Å². The number of aliphatic hydroxyl groups is 1. The summed E-state index contributed by atoms with van der Waals surface area (Å²) in [6, 6.07) is 1.27. The Labute approximate surface area is 107 Å². The highest BCUT2D eigenvalue weighted by molar-refractivity contribution is 5.25. The Morgan fingerprint density at radius 3 is 3.06 bits per heavy atom. The molecule has 1 N–H and O–H groups in total. The monoisotopic (exact) mass is 253 g/mol. The SMILES string of the molecule is CC1CCCC(COc2ncc(F)cc2CO)C1. The van der Waals surface area contributed by atoms with E-state index in [2.05, 4.69) is 11.9 Å². The molecular formula is C14H20FNO2. The summed E-state index contributed by atoms with van der Waals surface area (Å²) in [6.07, 6.45) is 6.03. The van der Waals surface area contributed by atoms with Crippen molar-refractivity contribution in [3.05, 3.63) is 23.6 Å². The zero-order valence-corrected chi connectivity index (χ0v) is 10.7. The van der Waals surface area contributed by atoms with Crippen LogP contribution in [-0.2, 0) is 6.61 Å². The van der Waals surface area contributed by atoms with Gasteiger partial charge in [0.1, 0.15) is 5.82 Å². The number of hydrogen-bond acceptors (Lipinski definition) is 3. The van der Waals surface area contributed by atoms with Crippen LogP contribution in [0.1, 0.15) is 38.2 Å².